The molecule has 19 heavy (non-hydrogen) atoms. The Morgan fingerprint density at radius 3 is 2.53 bits per heavy atom. The van der Waals surface area contributed by atoms with Gasteiger partial charge in [-0.2, -0.15) is 0 Å². The van der Waals surface area contributed by atoms with Crippen LogP contribution >= 0.6 is 15.9 Å². The van der Waals surface area contributed by atoms with Crippen LogP contribution in [0.15, 0.2) is 21.2 Å². The summed E-state index contributed by atoms with van der Waals surface area (Å²) in [6.07, 6.45) is 8.86. The van der Waals surface area contributed by atoms with Gasteiger partial charge in [0.15, 0.2) is 10.4 Å². The van der Waals surface area contributed by atoms with Crippen LogP contribution in [0, 0.1) is 5.92 Å². The molecule has 0 spiro atoms. The molecule has 1 aromatic rings. The number of rotatable bonds is 4. The third-order valence-electron chi connectivity index (χ3n) is 4.21. The van der Waals surface area contributed by atoms with Gasteiger partial charge in [-0.1, -0.05) is 19.3 Å². The highest BCUT2D eigenvalue weighted by atomic mass is 79.9. The summed E-state index contributed by atoms with van der Waals surface area (Å²) in [6, 6.07) is 4.01. The van der Waals surface area contributed by atoms with Gasteiger partial charge in [0, 0.05) is 12.6 Å². The third kappa shape index (κ3) is 3.22. The maximum Gasteiger partial charge on any atom is 0.289 e. The van der Waals surface area contributed by atoms with Crippen molar-refractivity contribution in [3.05, 3.63) is 22.6 Å². The van der Waals surface area contributed by atoms with Crippen molar-refractivity contribution in [3.63, 3.8) is 0 Å². The van der Waals surface area contributed by atoms with Crippen LogP contribution in [0.5, 0.6) is 0 Å². The number of hydrogen-bond acceptors (Lipinski definition) is 2. The minimum atomic E-state index is 0.0683. The molecule has 2 aliphatic rings. The van der Waals surface area contributed by atoms with Crippen LogP contribution in [0.4, 0.5) is 0 Å². The summed E-state index contributed by atoms with van der Waals surface area (Å²) >= 11 is 3.26. The smallest absolute Gasteiger partial charge is 0.289 e. The summed E-state index contributed by atoms with van der Waals surface area (Å²) in [5.41, 5.74) is 0. The van der Waals surface area contributed by atoms with E-state index in [0.29, 0.717) is 22.4 Å². The Morgan fingerprint density at radius 2 is 1.95 bits per heavy atom. The quantitative estimate of drug-likeness (QED) is 0.830. The minimum Gasteiger partial charge on any atom is -0.444 e. The van der Waals surface area contributed by atoms with Crippen molar-refractivity contribution >= 4 is 21.8 Å². The van der Waals surface area contributed by atoms with Crippen LogP contribution in [0.1, 0.15) is 55.5 Å². The first-order chi connectivity index (χ1) is 9.24. The Labute approximate surface area is 122 Å². The lowest BCUT2D eigenvalue weighted by atomic mass is 9.89. The topological polar surface area (TPSA) is 33.5 Å². The van der Waals surface area contributed by atoms with E-state index in [1.807, 2.05) is 0 Å². The van der Waals surface area contributed by atoms with Crippen molar-refractivity contribution in [3.8, 4) is 0 Å². The molecule has 0 unspecified atom stereocenters. The van der Waals surface area contributed by atoms with Gasteiger partial charge in [-0.3, -0.25) is 4.79 Å². The lowest BCUT2D eigenvalue weighted by molar-refractivity contribution is 0.0665. The van der Waals surface area contributed by atoms with Gasteiger partial charge in [-0.25, -0.2) is 0 Å². The van der Waals surface area contributed by atoms with Crippen LogP contribution in [0.2, 0.25) is 0 Å². The fourth-order valence-corrected chi connectivity index (χ4v) is 3.31. The lowest BCUT2D eigenvalue weighted by Gasteiger charge is -2.29. The number of nitrogens with zero attached hydrogens (tertiary/aromatic N) is 1. The summed E-state index contributed by atoms with van der Waals surface area (Å²) in [7, 11) is 0. The largest absolute Gasteiger partial charge is 0.444 e. The zero-order chi connectivity index (χ0) is 13.2. The number of hydrogen-bond donors (Lipinski definition) is 0. The van der Waals surface area contributed by atoms with Crippen molar-refractivity contribution in [2.75, 3.05) is 6.54 Å². The Hall–Kier alpha value is -0.770. The molecular formula is C15H20BrNO2. The predicted octanol–water partition coefficient (Wildman–Crippen LogP) is 4.23. The standard InChI is InChI=1S/C15H20BrNO2/c16-14-9-8-13(19-14)15(18)17(12-6-7-12)10-11-4-2-1-3-5-11/h8-9,11-12H,1-7,10H2. The molecule has 0 bridgehead atoms. The molecule has 1 heterocycles. The summed E-state index contributed by atoms with van der Waals surface area (Å²) in [5.74, 6) is 1.23. The van der Waals surface area contributed by atoms with Crippen LogP contribution in [-0.2, 0) is 0 Å². The van der Waals surface area contributed by atoms with E-state index in [4.69, 9.17) is 4.42 Å². The molecule has 4 heteroatoms. The number of halogens is 1. The molecule has 2 aliphatic carbocycles. The summed E-state index contributed by atoms with van der Waals surface area (Å²) in [6.45, 7) is 0.918. The van der Waals surface area contributed by atoms with Gasteiger partial charge in [0.1, 0.15) is 0 Å². The first-order valence-electron chi connectivity index (χ1n) is 7.30. The van der Waals surface area contributed by atoms with E-state index in [1.54, 1.807) is 12.1 Å². The normalized spacial score (nSPS) is 20.5. The molecule has 2 fully saturated rings. The number of amides is 1. The SMILES string of the molecule is O=C(c1ccc(Br)o1)N(CC1CCCCC1)C1CC1. The summed E-state index contributed by atoms with van der Waals surface area (Å²) in [5, 5.41) is 0. The van der Waals surface area contributed by atoms with E-state index in [9.17, 15) is 4.79 Å². The molecular weight excluding hydrogens is 306 g/mol. The molecule has 0 atom stereocenters. The van der Waals surface area contributed by atoms with E-state index in [0.717, 1.165) is 19.4 Å². The third-order valence-corrected chi connectivity index (χ3v) is 4.64. The van der Waals surface area contributed by atoms with Crippen LogP contribution in [-0.4, -0.2) is 23.4 Å². The zero-order valence-electron chi connectivity index (χ0n) is 11.1. The molecule has 3 rings (SSSR count). The highest BCUT2D eigenvalue weighted by molar-refractivity contribution is 9.10. The highest BCUT2D eigenvalue weighted by Crippen LogP contribution is 2.32. The van der Waals surface area contributed by atoms with Crippen LogP contribution in [0.25, 0.3) is 0 Å². The Morgan fingerprint density at radius 1 is 1.21 bits per heavy atom. The van der Waals surface area contributed by atoms with E-state index in [-0.39, 0.29) is 5.91 Å². The monoisotopic (exact) mass is 325 g/mol. The van der Waals surface area contributed by atoms with Gasteiger partial charge in [0.2, 0.25) is 0 Å². The van der Waals surface area contributed by atoms with Crippen molar-refractivity contribution in [2.24, 2.45) is 5.92 Å². The molecule has 0 N–H and O–H groups in total. The number of carbonyl (C=O) groups excluding carboxylic acids is 1. The second-order valence-corrected chi connectivity index (χ2v) is 6.58. The second kappa shape index (κ2) is 5.70. The van der Waals surface area contributed by atoms with Gasteiger partial charge in [0.25, 0.3) is 5.91 Å². The van der Waals surface area contributed by atoms with Crippen LogP contribution in [0.3, 0.4) is 0 Å². The molecule has 0 saturated heterocycles. The maximum absolute atomic E-state index is 12.5. The maximum atomic E-state index is 12.5. The van der Waals surface area contributed by atoms with Crippen molar-refractivity contribution in [1.82, 2.24) is 4.90 Å². The molecule has 0 radical (unpaired) electrons. The first kappa shape index (κ1) is 13.2. The van der Waals surface area contributed by atoms with E-state index < -0.39 is 0 Å². The molecule has 3 nitrogen and oxygen atoms in total. The minimum absolute atomic E-state index is 0.0683. The zero-order valence-corrected chi connectivity index (χ0v) is 12.7. The van der Waals surface area contributed by atoms with E-state index >= 15 is 0 Å². The van der Waals surface area contributed by atoms with Crippen molar-refractivity contribution < 1.29 is 9.21 Å². The van der Waals surface area contributed by atoms with Gasteiger partial charge < -0.3 is 9.32 Å². The molecule has 104 valence electrons. The lowest BCUT2D eigenvalue weighted by Crippen LogP contribution is -2.37. The molecule has 0 aromatic carbocycles. The van der Waals surface area contributed by atoms with Gasteiger partial charge in [0.05, 0.1) is 0 Å². The Balaban J connectivity index is 1.68. The second-order valence-electron chi connectivity index (χ2n) is 5.80. The average molecular weight is 326 g/mol. The Kier molecular flexibility index (Phi) is 3.96. The van der Waals surface area contributed by atoms with Gasteiger partial charge >= 0.3 is 0 Å². The molecule has 0 aliphatic heterocycles. The van der Waals surface area contributed by atoms with E-state index in [1.165, 1.54) is 32.1 Å². The van der Waals surface area contributed by atoms with Gasteiger partial charge in [-0.15, -0.1) is 0 Å². The molecule has 2 saturated carbocycles. The highest BCUT2D eigenvalue weighted by Gasteiger charge is 2.35. The van der Waals surface area contributed by atoms with Crippen molar-refractivity contribution in [1.29, 1.82) is 0 Å². The predicted molar refractivity (Wildman–Crippen MR) is 77.0 cm³/mol. The molecule has 1 amide bonds. The fraction of sp³-hybridized carbons (Fsp3) is 0.667. The Bertz CT molecular complexity index is 447. The first-order valence-corrected chi connectivity index (χ1v) is 8.09. The number of carbonyl (C=O) groups is 1. The summed E-state index contributed by atoms with van der Waals surface area (Å²) < 4.78 is 6.05. The number of furan rings is 1. The van der Waals surface area contributed by atoms with E-state index in [2.05, 4.69) is 20.8 Å². The van der Waals surface area contributed by atoms with Crippen molar-refractivity contribution in [2.45, 2.75) is 51.0 Å². The van der Waals surface area contributed by atoms with Crippen LogP contribution < -0.4 is 0 Å². The van der Waals surface area contributed by atoms with Gasteiger partial charge in [-0.05, 0) is 59.7 Å². The molecule has 1 aromatic heterocycles. The summed E-state index contributed by atoms with van der Waals surface area (Å²) in [4.78, 5) is 14.6. The average Bonchev–Trinajstić information content (AvgIpc) is 3.18. The fourth-order valence-electron chi connectivity index (χ4n) is 3.00.